The lowest BCUT2D eigenvalue weighted by Gasteiger charge is -2.46. The maximum atomic E-state index is 2.75. The molecule has 127 heavy (non-hydrogen) atoms. The molecule has 0 spiro atoms. The molecule has 0 unspecified atom stereocenters. The highest BCUT2D eigenvalue weighted by molar-refractivity contribution is 7.00. The highest BCUT2D eigenvalue weighted by atomic mass is 15.2. The molecule has 2 aliphatic rings. The molecule has 0 bridgehead atoms. The Balaban J connectivity index is 0.915. The molecule has 0 aliphatic carbocycles. The van der Waals surface area contributed by atoms with Gasteiger partial charge in [-0.2, -0.15) is 0 Å². The average molecular weight is 1620 g/mol. The molecular weight excluding hydrogens is 1530 g/mol. The normalized spacial score (nSPS) is 12.2. The van der Waals surface area contributed by atoms with E-state index in [2.05, 4.69) is 513 Å². The summed E-state index contributed by atoms with van der Waals surface area (Å²) in [5, 5.41) is 4.69. The molecule has 0 saturated carbocycles. The molecule has 0 saturated heterocycles. The first-order valence-corrected chi connectivity index (χ1v) is 44.1. The van der Waals surface area contributed by atoms with Gasteiger partial charge in [0.2, 0.25) is 0 Å². The molecule has 0 radical (unpaired) electrons. The molecule has 2 aliphatic heterocycles. The van der Waals surface area contributed by atoms with Crippen molar-refractivity contribution in [1.29, 1.82) is 0 Å². The van der Waals surface area contributed by atoms with Crippen molar-refractivity contribution in [2.45, 2.75) is 26.2 Å². The Labute approximate surface area is 742 Å². The van der Waals surface area contributed by atoms with Crippen LogP contribution >= 0.6 is 0 Å². The van der Waals surface area contributed by atoms with Crippen LogP contribution in [0.4, 0.5) is 34.1 Å². The number of hydrogen-bond donors (Lipinski definition) is 0. The number of nitrogens with zero attached hydrogens (tertiary/aromatic N) is 4. The van der Waals surface area contributed by atoms with Crippen LogP contribution in [-0.2, 0) is 5.41 Å². The van der Waals surface area contributed by atoms with Crippen LogP contribution in [0.2, 0.25) is 0 Å². The summed E-state index contributed by atoms with van der Waals surface area (Å²) in [6, 6.07) is 177. The minimum atomic E-state index is -0.442. The van der Waals surface area contributed by atoms with Gasteiger partial charge < -0.3 is 18.9 Å². The summed E-state index contributed by atoms with van der Waals surface area (Å²) in [5.41, 5.74) is 39.6. The quantitative estimate of drug-likeness (QED) is 0.0897. The maximum Gasteiger partial charge on any atom is 0.252 e. The van der Waals surface area contributed by atoms with E-state index < -0.39 is 5.41 Å². The fraction of sp³-hybridized carbons (Fsp3) is 0.0328. The molecule has 5 heteroatoms. The third-order valence-corrected chi connectivity index (χ3v) is 26.0. The molecule has 2 aromatic heterocycles. The SMILES string of the molecule is CC(C)(C)c1cc2c3c(c1)N(c1c(-c4ccccc4)cc(-c4ccccc4)cc1-c1cccc(-c4ccccc4)c1)c1cc(-n4c(-c5ccccc5)c5ccccc5c4-c4ccccc4)ccc1B3c1ccc(-n3c(-c4ccccc4)c4ccccc4c3-c3ccccc3)cc1N2c1c(-c2ccccc2)cc(-c2ccccc2)cc1-c1cccc(-c2ccccc2)c1. The Morgan fingerprint density at radius 3 is 0.724 bits per heavy atom. The van der Waals surface area contributed by atoms with Gasteiger partial charge in [-0.3, -0.25) is 0 Å². The third kappa shape index (κ3) is 13.3. The van der Waals surface area contributed by atoms with Crippen LogP contribution in [0.15, 0.2) is 473 Å². The maximum absolute atomic E-state index is 2.75. The molecular formula is C122H87BN4. The van der Waals surface area contributed by atoms with E-state index in [0.717, 1.165) is 180 Å². The van der Waals surface area contributed by atoms with Crippen molar-refractivity contribution in [3.8, 4) is 145 Å². The Morgan fingerprint density at radius 1 is 0.189 bits per heavy atom. The minimum Gasteiger partial charge on any atom is -0.310 e. The zero-order valence-corrected chi connectivity index (χ0v) is 70.9. The molecule has 23 rings (SSSR count). The van der Waals surface area contributed by atoms with E-state index in [4.69, 9.17) is 0 Å². The summed E-state index contributed by atoms with van der Waals surface area (Å²) < 4.78 is 5.16. The van der Waals surface area contributed by atoms with Gasteiger partial charge in [-0.25, -0.2) is 0 Å². The zero-order chi connectivity index (χ0) is 84.6. The van der Waals surface area contributed by atoms with Crippen molar-refractivity contribution in [3.05, 3.63) is 479 Å². The number of hydrogen-bond acceptors (Lipinski definition) is 2. The highest BCUT2D eigenvalue weighted by Gasteiger charge is 2.47. The van der Waals surface area contributed by atoms with E-state index in [1.165, 1.54) is 43.5 Å². The number of benzene rings is 19. The standard InChI is InChI=1S/C122H87BN4/c1-122(2,3)98-78-113-115-114(79-98)127(121-106(87-50-24-9-25-51-87)75-97(85-46-20-7-21-47-85)77-108(121)95-63-39-61-93(73-95)83-42-16-5-17-43-83)112-81-100(125-118(90-56-30-12-31-57-90)103-66-36-37-67-104(103)119(125)91-58-32-13-33-59-91)69-71-110(112)123(115)109-70-68-99(124-116(88-52-26-10-27-53-88)101-64-34-35-65-102(101)117(124)89-54-28-11-29-55-89)80-111(109)126(113)120-105(86-48-22-8-23-49-86)74-96(84-44-18-6-19-45-84)76-107(120)94-62-38-60-92(72-94)82-40-14-4-15-41-82/h4-81H,1-3H3. The Hall–Kier alpha value is -16.1. The van der Waals surface area contributed by atoms with Gasteiger partial charge in [-0.1, -0.05) is 421 Å². The van der Waals surface area contributed by atoms with Crippen molar-refractivity contribution >= 4 is 78.8 Å². The molecule has 4 nitrogen and oxygen atoms in total. The first-order chi connectivity index (χ1) is 62.7. The lowest BCUT2D eigenvalue weighted by Crippen LogP contribution is -2.61. The Bertz CT molecular complexity index is 7130. The van der Waals surface area contributed by atoms with Crippen molar-refractivity contribution in [2.75, 3.05) is 9.80 Å². The summed E-state index contributed by atoms with van der Waals surface area (Å²) in [6.07, 6.45) is 0. The molecule has 598 valence electrons. The summed E-state index contributed by atoms with van der Waals surface area (Å²) in [6.45, 7) is 6.85. The van der Waals surface area contributed by atoms with Crippen LogP contribution in [-0.4, -0.2) is 15.8 Å². The fourth-order valence-electron chi connectivity index (χ4n) is 20.2. The van der Waals surface area contributed by atoms with E-state index in [-0.39, 0.29) is 6.71 Å². The second kappa shape index (κ2) is 31.7. The molecule has 19 aromatic carbocycles. The second-order valence-electron chi connectivity index (χ2n) is 34.6. The number of rotatable bonds is 16. The monoisotopic (exact) mass is 1620 g/mol. The molecule has 0 atom stereocenters. The predicted molar refractivity (Wildman–Crippen MR) is 538 cm³/mol. The predicted octanol–water partition coefficient (Wildman–Crippen LogP) is 31.0. The van der Waals surface area contributed by atoms with Crippen molar-refractivity contribution in [2.24, 2.45) is 0 Å². The molecule has 0 amide bonds. The summed E-state index contributed by atoms with van der Waals surface area (Å²) in [5.74, 6) is 0. The van der Waals surface area contributed by atoms with E-state index in [1.54, 1.807) is 0 Å². The average Bonchev–Trinajstić information content (AvgIpc) is 0.962. The van der Waals surface area contributed by atoms with Crippen LogP contribution in [0, 0.1) is 0 Å². The Kier molecular flexibility index (Phi) is 18.9. The molecule has 21 aromatic rings. The topological polar surface area (TPSA) is 16.3 Å². The van der Waals surface area contributed by atoms with E-state index in [9.17, 15) is 0 Å². The summed E-state index contributed by atoms with van der Waals surface area (Å²) >= 11 is 0. The fourth-order valence-corrected chi connectivity index (χ4v) is 20.2. The molecule has 0 fully saturated rings. The van der Waals surface area contributed by atoms with E-state index in [1.807, 2.05) is 0 Å². The first kappa shape index (κ1) is 75.9. The molecule has 0 N–H and O–H groups in total. The lowest BCUT2D eigenvalue weighted by molar-refractivity contribution is 0.590. The van der Waals surface area contributed by atoms with Crippen LogP contribution < -0.4 is 26.2 Å². The lowest BCUT2D eigenvalue weighted by atomic mass is 9.33. The highest BCUT2D eigenvalue weighted by Crippen LogP contribution is 2.57. The number of aromatic nitrogens is 2. The Morgan fingerprint density at radius 2 is 0.433 bits per heavy atom. The smallest absolute Gasteiger partial charge is 0.252 e. The second-order valence-corrected chi connectivity index (χ2v) is 34.6. The van der Waals surface area contributed by atoms with Crippen molar-refractivity contribution in [1.82, 2.24) is 9.13 Å². The summed E-state index contributed by atoms with van der Waals surface area (Å²) in [4.78, 5) is 5.50. The van der Waals surface area contributed by atoms with Crippen LogP contribution in [0.3, 0.4) is 0 Å². The van der Waals surface area contributed by atoms with Gasteiger partial charge in [0.1, 0.15) is 0 Å². The van der Waals surface area contributed by atoms with E-state index in [0.29, 0.717) is 0 Å². The zero-order valence-electron chi connectivity index (χ0n) is 70.9. The van der Waals surface area contributed by atoms with Gasteiger partial charge >= 0.3 is 0 Å². The van der Waals surface area contributed by atoms with Gasteiger partial charge in [0.15, 0.2) is 0 Å². The van der Waals surface area contributed by atoms with Gasteiger partial charge in [0.05, 0.1) is 34.2 Å². The number of fused-ring (bicyclic) bond motifs is 6. The third-order valence-electron chi connectivity index (χ3n) is 26.0. The number of anilines is 6. The van der Waals surface area contributed by atoms with Crippen LogP contribution in [0.5, 0.6) is 0 Å². The summed E-state index contributed by atoms with van der Waals surface area (Å²) in [7, 11) is 0. The van der Waals surface area contributed by atoms with Gasteiger partial charge in [-0.15, -0.1) is 0 Å². The van der Waals surface area contributed by atoms with Crippen molar-refractivity contribution < 1.29 is 0 Å². The van der Waals surface area contributed by atoms with Crippen molar-refractivity contribution in [3.63, 3.8) is 0 Å². The van der Waals surface area contributed by atoms with Gasteiger partial charge in [0.25, 0.3) is 6.71 Å². The minimum absolute atomic E-state index is 0.376. The first-order valence-electron chi connectivity index (χ1n) is 44.1. The van der Waals surface area contributed by atoms with Crippen LogP contribution in [0.25, 0.3) is 167 Å². The van der Waals surface area contributed by atoms with Gasteiger partial charge in [0, 0.05) is 77.9 Å². The van der Waals surface area contributed by atoms with Crippen LogP contribution in [0.1, 0.15) is 26.3 Å². The van der Waals surface area contributed by atoms with Gasteiger partial charge in [-0.05, 0) is 189 Å². The van der Waals surface area contributed by atoms with E-state index >= 15 is 0 Å². The largest absolute Gasteiger partial charge is 0.310 e. The molecule has 4 heterocycles.